The Balaban J connectivity index is 2.30. The fourth-order valence-corrected chi connectivity index (χ4v) is 2.60. The monoisotopic (exact) mass is 313 g/mol. The predicted octanol–water partition coefficient (Wildman–Crippen LogP) is 3.38. The number of hydrogen-bond donors (Lipinski definition) is 2. The average Bonchev–Trinajstić information content (AvgIpc) is 2.66. The fraction of sp³-hybridized carbons (Fsp3) is 0.357. The van der Waals surface area contributed by atoms with Crippen molar-refractivity contribution in [1.82, 2.24) is 9.78 Å². The molecular formula is C14H17Cl2N3O. The van der Waals surface area contributed by atoms with Crippen molar-refractivity contribution in [3.05, 3.63) is 45.2 Å². The van der Waals surface area contributed by atoms with Crippen LogP contribution >= 0.6 is 23.2 Å². The molecule has 0 saturated heterocycles. The number of halogens is 2. The molecule has 0 spiro atoms. The van der Waals surface area contributed by atoms with Gasteiger partial charge in [-0.05, 0) is 26.0 Å². The second-order valence-corrected chi connectivity index (χ2v) is 5.47. The van der Waals surface area contributed by atoms with E-state index in [0.29, 0.717) is 34.3 Å². The Labute approximate surface area is 128 Å². The van der Waals surface area contributed by atoms with Crippen molar-refractivity contribution >= 4 is 28.9 Å². The molecule has 0 saturated carbocycles. The van der Waals surface area contributed by atoms with E-state index in [1.165, 1.54) is 0 Å². The molecule has 1 atom stereocenters. The molecule has 1 aromatic carbocycles. The van der Waals surface area contributed by atoms with Gasteiger partial charge < -0.3 is 10.8 Å². The number of nitrogens with two attached hydrogens (primary N) is 1. The standard InChI is InChI=1S/C14H17Cl2N3O/c1-3-19-12(14(16)8(2)18-19)7-13(20)10-5-4-9(15)6-11(10)17/h4-6,13,20H,3,7,17H2,1-2H3. The zero-order valence-electron chi connectivity index (χ0n) is 11.4. The number of aromatic nitrogens is 2. The molecule has 1 aromatic heterocycles. The Morgan fingerprint density at radius 3 is 2.70 bits per heavy atom. The van der Waals surface area contributed by atoms with Crippen molar-refractivity contribution in [3.63, 3.8) is 0 Å². The van der Waals surface area contributed by atoms with Crippen LogP contribution in [0.5, 0.6) is 0 Å². The molecule has 0 aliphatic rings. The Kier molecular flexibility index (Phi) is 4.58. The molecule has 1 heterocycles. The summed E-state index contributed by atoms with van der Waals surface area (Å²) in [5.74, 6) is 0. The van der Waals surface area contributed by atoms with E-state index in [-0.39, 0.29) is 0 Å². The number of hydrogen-bond acceptors (Lipinski definition) is 3. The molecule has 6 heteroatoms. The highest BCUT2D eigenvalue weighted by molar-refractivity contribution is 6.32. The first kappa shape index (κ1) is 15.2. The molecule has 0 fully saturated rings. The van der Waals surface area contributed by atoms with Crippen LogP contribution in [0.15, 0.2) is 18.2 Å². The maximum Gasteiger partial charge on any atom is 0.0865 e. The van der Waals surface area contributed by atoms with E-state index in [4.69, 9.17) is 28.9 Å². The Hall–Kier alpha value is -1.23. The third-order valence-corrected chi connectivity index (χ3v) is 3.97. The van der Waals surface area contributed by atoms with Crippen LogP contribution < -0.4 is 5.73 Å². The van der Waals surface area contributed by atoms with Gasteiger partial charge in [0.15, 0.2) is 0 Å². The van der Waals surface area contributed by atoms with E-state index in [1.54, 1.807) is 22.9 Å². The van der Waals surface area contributed by atoms with Gasteiger partial charge in [0.05, 0.1) is 22.5 Å². The van der Waals surface area contributed by atoms with Gasteiger partial charge in [-0.25, -0.2) is 0 Å². The number of rotatable bonds is 4. The number of nitrogen functional groups attached to an aromatic ring is 1. The second kappa shape index (κ2) is 6.04. The van der Waals surface area contributed by atoms with Crippen molar-refractivity contribution in [2.45, 2.75) is 32.9 Å². The first-order chi connectivity index (χ1) is 9.43. The number of aryl methyl sites for hydroxylation is 2. The first-order valence-electron chi connectivity index (χ1n) is 6.38. The third kappa shape index (κ3) is 2.92. The normalized spacial score (nSPS) is 12.7. The zero-order chi connectivity index (χ0) is 14.9. The summed E-state index contributed by atoms with van der Waals surface area (Å²) in [6.07, 6.45) is -0.384. The number of nitrogens with zero attached hydrogens (tertiary/aromatic N) is 2. The van der Waals surface area contributed by atoms with Crippen LogP contribution in [0.3, 0.4) is 0 Å². The van der Waals surface area contributed by atoms with Crippen LogP contribution in [-0.2, 0) is 13.0 Å². The summed E-state index contributed by atoms with van der Waals surface area (Å²) in [6.45, 7) is 4.53. The predicted molar refractivity (Wildman–Crippen MR) is 82.2 cm³/mol. The minimum Gasteiger partial charge on any atom is -0.398 e. The smallest absolute Gasteiger partial charge is 0.0865 e. The van der Waals surface area contributed by atoms with Gasteiger partial charge in [0.1, 0.15) is 0 Å². The summed E-state index contributed by atoms with van der Waals surface area (Å²) < 4.78 is 1.80. The summed E-state index contributed by atoms with van der Waals surface area (Å²) in [6, 6.07) is 5.07. The molecule has 108 valence electrons. The molecule has 2 aromatic rings. The lowest BCUT2D eigenvalue weighted by Gasteiger charge is -2.15. The van der Waals surface area contributed by atoms with E-state index in [0.717, 1.165) is 11.4 Å². The van der Waals surface area contributed by atoms with Crippen LogP contribution in [0.4, 0.5) is 5.69 Å². The molecule has 2 rings (SSSR count). The number of aliphatic hydroxyl groups excluding tert-OH is 1. The summed E-state index contributed by atoms with van der Waals surface area (Å²) in [4.78, 5) is 0. The van der Waals surface area contributed by atoms with Crippen LogP contribution in [0.1, 0.15) is 30.0 Å². The molecule has 0 radical (unpaired) electrons. The van der Waals surface area contributed by atoms with Gasteiger partial charge in [-0.15, -0.1) is 0 Å². The molecule has 0 aliphatic heterocycles. The highest BCUT2D eigenvalue weighted by atomic mass is 35.5. The van der Waals surface area contributed by atoms with Crippen molar-refractivity contribution < 1.29 is 5.11 Å². The van der Waals surface area contributed by atoms with Crippen molar-refractivity contribution in [3.8, 4) is 0 Å². The molecule has 4 nitrogen and oxygen atoms in total. The van der Waals surface area contributed by atoms with E-state index in [1.807, 2.05) is 13.8 Å². The highest BCUT2D eigenvalue weighted by Crippen LogP contribution is 2.29. The zero-order valence-corrected chi connectivity index (χ0v) is 12.9. The summed E-state index contributed by atoms with van der Waals surface area (Å²) in [5.41, 5.74) is 8.58. The van der Waals surface area contributed by atoms with Crippen molar-refractivity contribution in [1.29, 1.82) is 0 Å². The second-order valence-electron chi connectivity index (χ2n) is 4.66. The van der Waals surface area contributed by atoms with E-state index in [9.17, 15) is 5.11 Å². The van der Waals surface area contributed by atoms with Crippen LogP contribution in [0, 0.1) is 6.92 Å². The van der Waals surface area contributed by atoms with Gasteiger partial charge >= 0.3 is 0 Å². The maximum atomic E-state index is 10.4. The van der Waals surface area contributed by atoms with Gasteiger partial charge in [0.25, 0.3) is 0 Å². The summed E-state index contributed by atoms with van der Waals surface area (Å²) in [7, 11) is 0. The topological polar surface area (TPSA) is 64.1 Å². The van der Waals surface area contributed by atoms with Crippen molar-refractivity contribution in [2.24, 2.45) is 0 Å². The number of anilines is 1. The molecule has 0 aliphatic carbocycles. The average molecular weight is 314 g/mol. The van der Waals surface area contributed by atoms with Gasteiger partial charge in [-0.3, -0.25) is 4.68 Å². The van der Waals surface area contributed by atoms with Gasteiger partial charge in [-0.2, -0.15) is 5.10 Å². The third-order valence-electron chi connectivity index (χ3n) is 3.25. The van der Waals surface area contributed by atoms with E-state index < -0.39 is 6.10 Å². The summed E-state index contributed by atoms with van der Waals surface area (Å²) >= 11 is 12.1. The van der Waals surface area contributed by atoms with Crippen molar-refractivity contribution in [2.75, 3.05) is 5.73 Å². The summed E-state index contributed by atoms with van der Waals surface area (Å²) in [5, 5.41) is 15.9. The Bertz CT molecular complexity index is 625. The van der Waals surface area contributed by atoms with Gasteiger partial charge in [0.2, 0.25) is 0 Å². The Morgan fingerprint density at radius 1 is 1.40 bits per heavy atom. The largest absolute Gasteiger partial charge is 0.398 e. The molecule has 3 N–H and O–H groups in total. The fourth-order valence-electron chi connectivity index (χ4n) is 2.21. The molecule has 20 heavy (non-hydrogen) atoms. The van der Waals surface area contributed by atoms with Crippen LogP contribution in [0.2, 0.25) is 10.0 Å². The Morgan fingerprint density at radius 2 is 2.10 bits per heavy atom. The minimum atomic E-state index is -0.744. The lowest BCUT2D eigenvalue weighted by molar-refractivity contribution is 0.176. The highest BCUT2D eigenvalue weighted by Gasteiger charge is 2.19. The quantitative estimate of drug-likeness (QED) is 0.850. The minimum absolute atomic E-state index is 0.360. The molecule has 0 bridgehead atoms. The maximum absolute atomic E-state index is 10.4. The van der Waals surface area contributed by atoms with Gasteiger partial charge in [-0.1, -0.05) is 29.3 Å². The SMILES string of the molecule is CCn1nc(C)c(Cl)c1CC(O)c1ccc(Cl)cc1N. The number of benzene rings is 1. The first-order valence-corrected chi connectivity index (χ1v) is 7.14. The lowest BCUT2D eigenvalue weighted by atomic mass is 10.0. The van der Waals surface area contributed by atoms with E-state index in [2.05, 4.69) is 5.10 Å². The van der Waals surface area contributed by atoms with Gasteiger partial charge in [0, 0.05) is 29.2 Å². The lowest BCUT2D eigenvalue weighted by Crippen LogP contribution is -2.10. The molecule has 0 amide bonds. The number of aliphatic hydroxyl groups is 1. The van der Waals surface area contributed by atoms with E-state index >= 15 is 0 Å². The van der Waals surface area contributed by atoms with Crippen LogP contribution in [0.25, 0.3) is 0 Å². The molecular weight excluding hydrogens is 297 g/mol. The molecule has 1 unspecified atom stereocenters. The van der Waals surface area contributed by atoms with Crippen LogP contribution in [-0.4, -0.2) is 14.9 Å².